The number of carbonyl (C=O) groups excluding carboxylic acids is 2. The highest BCUT2D eigenvalue weighted by Gasteiger charge is 2.16. The van der Waals surface area contributed by atoms with Gasteiger partial charge in [-0.25, -0.2) is 0 Å². The third kappa shape index (κ3) is 3.18. The van der Waals surface area contributed by atoms with Crippen molar-refractivity contribution >= 4 is 28.8 Å². The number of rotatable bonds is 4. The highest BCUT2D eigenvalue weighted by Crippen LogP contribution is 2.19. The van der Waals surface area contributed by atoms with Gasteiger partial charge in [-0.15, -0.1) is 11.3 Å². The molecule has 1 aromatic heterocycles. The van der Waals surface area contributed by atoms with E-state index in [1.54, 1.807) is 24.3 Å². The van der Waals surface area contributed by atoms with Crippen LogP contribution >= 0.6 is 11.3 Å². The van der Waals surface area contributed by atoms with Crippen molar-refractivity contribution in [3.8, 4) is 0 Å². The van der Waals surface area contributed by atoms with Gasteiger partial charge in [0, 0.05) is 16.1 Å². The van der Waals surface area contributed by atoms with Crippen molar-refractivity contribution in [1.29, 1.82) is 0 Å². The highest BCUT2D eigenvalue weighted by atomic mass is 32.1. The third-order valence-corrected chi connectivity index (χ3v) is 3.50. The number of nitrogens with one attached hydrogen (secondary N) is 1. The Labute approximate surface area is 114 Å². The van der Waals surface area contributed by atoms with Crippen molar-refractivity contribution in [2.45, 2.75) is 6.04 Å². The van der Waals surface area contributed by atoms with Gasteiger partial charge in [0.05, 0.1) is 0 Å². The Morgan fingerprint density at radius 3 is 2.63 bits per heavy atom. The lowest BCUT2D eigenvalue weighted by Crippen LogP contribution is -2.27. The Morgan fingerprint density at radius 2 is 2.00 bits per heavy atom. The SMILES string of the molecule is NC(=O)c1cccc(NC(=O)C(N)c2cccs2)c1. The second kappa shape index (κ2) is 5.64. The zero-order chi connectivity index (χ0) is 13.8. The predicted octanol–water partition coefficient (Wildman–Crippen LogP) is 1.49. The molecule has 6 heteroatoms. The number of benzene rings is 1. The van der Waals surface area contributed by atoms with Crippen LogP contribution in [-0.2, 0) is 4.79 Å². The van der Waals surface area contributed by atoms with E-state index in [2.05, 4.69) is 5.32 Å². The lowest BCUT2D eigenvalue weighted by Gasteiger charge is -2.11. The number of hydrogen-bond acceptors (Lipinski definition) is 4. The number of carbonyl (C=O) groups is 2. The molecule has 5 nitrogen and oxygen atoms in total. The molecule has 0 aliphatic heterocycles. The molecule has 2 aromatic rings. The van der Waals surface area contributed by atoms with Crippen LogP contribution in [0.4, 0.5) is 5.69 Å². The van der Waals surface area contributed by atoms with Crippen LogP contribution in [0.5, 0.6) is 0 Å². The first-order chi connectivity index (χ1) is 9.08. The predicted molar refractivity (Wildman–Crippen MR) is 74.8 cm³/mol. The topological polar surface area (TPSA) is 98.2 Å². The van der Waals surface area contributed by atoms with Crippen molar-refractivity contribution in [2.75, 3.05) is 5.32 Å². The lowest BCUT2D eigenvalue weighted by molar-refractivity contribution is -0.117. The van der Waals surface area contributed by atoms with Crippen LogP contribution < -0.4 is 16.8 Å². The molecule has 1 atom stereocenters. The average Bonchev–Trinajstić information content (AvgIpc) is 2.92. The zero-order valence-corrected chi connectivity index (χ0v) is 10.8. The van der Waals surface area contributed by atoms with Gasteiger partial charge in [0.25, 0.3) is 0 Å². The molecule has 0 fully saturated rings. The van der Waals surface area contributed by atoms with E-state index in [9.17, 15) is 9.59 Å². The Bertz CT molecular complexity index is 596. The van der Waals surface area contributed by atoms with Crippen LogP contribution in [0.2, 0.25) is 0 Å². The Kier molecular flexibility index (Phi) is 3.94. The molecule has 19 heavy (non-hydrogen) atoms. The molecule has 2 rings (SSSR count). The molecule has 1 aromatic carbocycles. The van der Waals surface area contributed by atoms with Crippen molar-refractivity contribution in [1.82, 2.24) is 0 Å². The fourth-order valence-electron chi connectivity index (χ4n) is 1.57. The summed E-state index contributed by atoms with van der Waals surface area (Å²) in [6.45, 7) is 0. The van der Waals surface area contributed by atoms with Gasteiger partial charge in [-0.3, -0.25) is 9.59 Å². The number of thiophene rings is 1. The van der Waals surface area contributed by atoms with Gasteiger partial charge in [-0.1, -0.05) is 12.1 Å². The number of nitrogens with two attached hydrogens (primary N) is 2. The molecule has 0 radical (unpaired) electrons. The summed E-state index contributed by atoms with van der Waals surface area (Å²) in [5.41, 5.74) is 11.8. The first-order valence-electron chi connectivity index (χ1n) is 5.57. The summed E-state index contributed by atoms with van der Waals surface area (Å²) in [5, 5.41) is 4.52. The lowest BCUT2D eigenvalue weighted by atomic mass is 10.2. The van der Waals surface area contributed by atoms with E-state index in [0.717, 1.165) is 4.88 Å². The smallest absolute Gasteiger partial charge is 0.248 e. The van der Waals surface area contributed by atoms with Gasteiger partial charge < -0.3 is 16.8 Å². The van der Waals surface area contributed by atoms with E-state index >= 15 is 0 Å². The minimum Gasteiger partial charge on any atom is -0.366 e. The largest absolute Gasteiger partial charge is 0.366 e. The quantitative estimate of drug-likeness (QED) is 0.788. The van der Waals surface area contributed by atoms with Gasteiger partial charge in [0.1, 0.15) is 6.04 Å². The molecule has 0 bridgehead atoms. The first-order valence-corrected chi connectivity index (χ1v) is 6.45. The summed E-state index contributed by atoms with van der Waals surface area (Å²) in [5.74, 6) is -0.872. The third-order valence-electron chi connectivity index (χ3n) is 2.55. The second-order valence-corrected chi connectivity index (χ2v) is 4.91. The second-order valence-electron chi connectivity index (χ2n) is 3.93. The van der Waals surface area contributed by atoms with Gasteiger partial charge in [-0.2, -0.15) is 0 Å². The Morgan fingerprint density at radius 1 is 1.21 bits per heavy atom. The van der Waals surface area contributed by atoms with E-state index in [0.29, 0.717) is 11.3 Å². The molecule has 0 saturated carbocycles. The van der Waals surface area contributed by atoms with Crippen molar-refractivity contribution in [3.63, 3.8) is 0 Å². The summed E-state index contributed by atoms with van der Waals surface area (Å²) in [7, 11) is 0. The maximum absolute atomic E-state index is 11.9. The van der Waals surface area contributed by atoms with Gasteiger partial charge in [0.15, 0.2) is 0 Å². The van der Waals surface area contributed by atoms with Crippen LogP contribution in [0.1, 0.15) is 21.3 Å². The van der Waals surface area contributed by atoms with Crippen LogP contribution in [0.15, 0.2) is 41.8 Å². The Hall–Kier alpha value is -2.18. The minimum atomic E-state index is -0.725. The van der Waals surface area contributed by atoms with Crippen LogP contribution in [0.3, 0.4) is 0 Å². The summed E-state index contributed by atoms with van der Waals surface area (Å²) in [6.07, 6.45) is 0. The normalized spacial score (nSPS) is 11.8. The Balaban J connectivity index is 2.11. The van der Waals surface area contributed by atoms with E-state index in [1.165, 1.54) is 17.4 Å². The van der Waals surface area contributed by atoms with Crippen molar-refractivity contribution in [2.24, 2.45) is 11.5 Å². The molecule has 0 saturated heterocycles. The monoisotopic (exact) mass is 275 g/mol. The molecule has 0 spiro atoms. The molecule has 1 heterocycles. The zero-order valence-electron chi connectivity index (χ0n) is 10.00. The fraction of sp³-hybridized carbons (Fsp3) is 0.0769. The molecule has 1 unspecified atom stereocenters. The van der Waals surface area contributed by atoms with E-state index < -0.39 is 11.9 Å². The van der Waals surface area contributed by atoms with E-state index in [4.69, 9.17) is 11.5 Å². The maximum Gasteiger partial charge on any atom is 0.248 e. The molecular formula is C13H13N3O2S. The van der Waals surface area contributed by atoms with Gasteiger partial charge >= 0.3 is 0 Å². The minimum absolute atomic E-state index is 0.330. The number of amides is 2. The van der Waals surface area contributed by atoms with Crippen LogP contribution in [-0.4, -0.2) is 11.8 Å². The summed E-state index contributed by atoms with van der Waals surface area (Å²) in [4.78, 5) is 23.8. The molecule has 5 N–H and O–H groups in total. The maximum atomic E-state index is 11.9. The summed E-state index contributed by atoms with van der Waals surface area (Å²) >= 11 is 1.42. The van der Waals surface area contributed by atoms with E-state index in [1.807, 2.05) is 11.4 Å². The molecule has 2 amide bonds. The van der Waals surface area contributed by atoms with Crippen molar-refractivity contribution in [3.05, 3.63) is 52.2 Å². The molecule has 98 valence electrons. The molecule has 0 aliphatic carbocycles. The van der Waals surface area contributed by atoms with Crippen molar-refractivity contribution < 1.29 is 9.59 Å². The van der Waals surface area contributed by atoms with E-state index in [-0.39, 0.29) is 5.91 Å². The van der Waals surface area contributed by atoms with Crippen LogP contribution in [0.25, 0.3) is 0 Å². The standard InChI is InChI=1S/C13H13N3O2S/c14-11(10-5-2-6-19-10)13(18)16-9-4-1-3-8(7-9)12(15)17/h1-7,11H,14H2,(H2,15,17)(H,16,18). The van der Waals surface area contributed by atoms with Crippen LogP contribution in [0, 0.1) is 0 Å². The first kappa shape index (κ1) is 13.3. The number of hydrogen-bond donors (Lipinski definition) is 3. The van der Waals surface area contributed by atoms with Gasteiger partial charge in [-0.05, 0) is 29.6 Å². The number of anilines is 1. The summed E-state index contributed by atoms with van der Waals surface area (Å²) < 4.78 is 0. The molecule has 0 aliphatic rings. The van der Waals surface area contributed by atoms with Gasteiger partial charge in [0.2, 0.25) is 11.8 Å². The average molecular weight is 275 g/mol. The number of primary amides is 1. The highest BCUT2D eigenvalue weighted by molar-refractivity contribution is 7.10. The molecular weight excluding hydrogens is 262 g/mol. The summed E-state index contributed by atoms with van der Waals surface area (Å²) in [6, 6.07) is 9.32. The fourth-order valence-corrected chi connectivity index (χ4v) is 2.29.